The van der Waals surface area contributed by atoms with E-state index in [1.165, 1.54) is 38.1 Å². The predicted molar refractivity (Wildman–Crippen MR) is 196 cm³/mol. The first-order valence-corrected chi connectivity index (χ1v) is 15.9. The molecule has 9 rings (SSSR count). The molecule has 3 nitrogen and oxygen atoms in total. The molecule has 0 fully saturated rings. The Morgan fingerprint density at radius 2 is 0.957 bits per heavy atom. The number of rotatable bonds is 5. The number of aromatic amines is 1. The van der Waals surface area contributed by atoms with Gasteiger partial charge in [0.05, 0.1) is 11.4 Å². The largest absolute Gasteiger partial charge is 0.361 e. The van der Waals surface area contributed by atoms with Gasteiger partial charge in [0.15, 0.2) is 5.82 Å². The van der Waals surface area contributed by atoms with Gasteiger partial charge in [0.1, 0.15) is 0 Å². The molecular formula is C44H29N3. The molecule has 2 heterocycles. The topological polar surface area (TPSA) is 41.6 Å². The van der Waals surface area contributed by atoms with Crippen molar-refractivity contribution in [1.29, 1.82) is 0 Å². The molecule has 47 heavy (non-hydrogen) atoms. The summed E-state index contributed by atoms with van der Waals surface area (Å²) in [6, 6.07) is 57.9. The lowest BCUT2D eigenvalue weighted by molar-refractivity contribution is 1.19. The summed E-state index contributed by atoms with van der Waals surface area (Å²) in [4.78, 5) is 13.8. The Morgan fingerprint density at radius 1 is 0.362 bits per heavy atom. The van der Waals surface area contributed by atoms with E-state index in [0.717, 1.165) is 44.7 Å². The Balaban J connectivity index is 1.28. The zero-order valence-corrected chi connectivity index (χ0v) is 25.6. The smallest absolute Gasteiger partial charge is 0.160 e. The molecule has 9 aromatic rings. The van der Waals surface area contributed by atoms with Crippen molar-refractivity contribution in [3.63, 3.8) is 0 Å². The minimum Gasteiger partial charge on any atom is -0.361 e. The zero-order valence-electron chi connectivity index (χ0n) is 25.6. The SMILES string of the molecule is c1ccc(-c2nc(-c3ccc(-c4cccc(-c5ccc[nH]5)c4)c4ccccc34)cc(-c3cc4ccccc4c4ccccc34)n2)cc1. The number of nitrogens with one attached hydrogen (secondary N) is 1. The van der Waals surface area contributed by atoms with Crippen LogP contribution in [0.5, 0.6) is 0 Å². The maximum Gasteiger partial charge on any atom is 0.160 e. The van der Waals surface area contributed by atoms with Crippen LogP contribution in [0.2, 0.25) is 0 Å². The van der Waals surface area contributed by atoms with Gasteiger partial charge in [0.2, 0.25) is 0 Å². The molecule has 0 saturated heterocycles. The van der Waals surface area contributed by atoms with Gasteiger partial charge >= 0.3 is 0 Å². The quantitative estimate of drug-likeness (QED) is 0.200. The monoisotopic (exact) mass is 599 g/mol. The Hall–Kier alpha value is -6.32. The van der Waals surface area contributed by atoms with Gasteiger partial charge < -0.3 is 4.98 Å². The summed E-state index contributed by atoms with van der Waals surface area (Å²) in [7, 11) is 0. The summed E-state index contributed by atoms with van der Waals surface area (Å²) in [6.45, 7) is 0. The van der Waals surface area contributed by atoms with Crippen molar-refractivity contribution in [3.05, 3.63) is 170 Å². The lowest BCUT2D eigenvalue weighted by atomic mass is 9.92. The second-order valence-corrected chi connectivity index (χ2v) is 11.9. The second-order valence-electron chi connectivity index (χ2n) is 11.9. The second kappa shape index (κ2) is 11.2. The van der Waals surface area contributed by atoms with Gasteiger partial charge in [-0.15, -0.1) is 0 Å². The lowest BCUT2D eigenvalue weighted by Gasteiger charge is -2.15. The highest BCUT2D eigenvalue weighted by Gasteiger charge is 2.17. The maximum atomic E-state index is 5.23. The van der Waals surface area contributed by atoms with E-state index >= 15 is 0 Å². The predicted octanol–water partition coefficient (Wildman–Crippen LogP) is 11.6. The van der Waals surface area contributed by atoms with E-state index < -0.39 is 0 Å². The average molecular weight is 600 g/mol. The zero-order chi connectivity index (χ0) is 31.2. The summed E-state index contributed by atoms with van der Waals surface area (Å²) in [5, 5.41) is 7.18. The Kier molecular flexibility index (Phi) is 6.46. The van der Waals surface area contributed by atoms with Gasteiger partial charge in [-0.1, -0.05) is 133 Å². The summed E-state index contributed by atoms with van der Waals surface area (Å²) < 4.78 is 0. The van der Waals surface area contributed by atoms with Crippen molar-refractivity contribution in [2.75, 3.05) is 0 Å². The van der Waals surface area contributed by atoms with Crippen LogP contribution in [-0.4, -0.2) is 15.0 Å². The van der Waals surface area contributed by atoms with Crippen LogP contribution < -0.4 is 0 Å². The molecule has 0 aliphatic carbocycles. The molecule has 0 aliphatic heterocycles. The molecule has 3 heteroatoms. The average Bonchev–Trinajstić information content (AvgIpc) is 3.70. The minimum absolute atomic E-state index is 0.710. The molecule has 0 radical (unpaired) electrons. The number of benzene rings is 7. The summed E-state index contributed by atoms with van der Waals surface area (Å²) in [6.07, 6.45) is 1.96. The maximum absolute atomic E-state index is 5.23. The summed E-state index contributed by atoms with van der Waals surface area (Å²) in [5.41, 5.74) is 9.61. The normalized spacial score (nSPS) is 11.4. The van der Waals surface area contributed by atoms with Gasteiger partial charge in [-0.05, 0) is 79.3 Å². The minimum atomic E-state index is 0.710. The van der Waals surface area contributed by atoms with Crippen LogP contribution in [0.25, 0.3) is 88.6 Å². The molecule has 0 aliphatic rings. The van der Waals surface area contributed by atoms with Crippen molar-refractivity contribution in [2.45, 2.75) is 0 Å². The van der Waals surface area contributed by atoms with E-state index in [2.05, 4.69) is 145 Å². The van der Waals surface area contributed by atoms with Crippen LogP contribution in [0, 0.1) is 0 Å². The first-order valence-electron chi connectivity index (χ1n) is 15.9. The highest BCUT2D eigenvalue weighted by atomic mass is 14.9. The van der Waals surface area contributed by atoms with Gasteiger partial charge in [-0.25, -0.2) is 9.97 Å². The highest BCUT2D eigenvalue weighted by molar-refractivity contribution is 6.14. The van der Waals surface area contributed by atoms with Gasteiger partial charge in [0, 0.05) is 28.6 Å². The summed E-state index contributed by atoms with van der Waals surface area (Å²) >= 11 is 0. The number of hydrogen-bond donors (Lipinski definition) is 1. The lowest BCUT2D eigenvalue weighted by Crippen LogP contribution is -1.97. The van der Waals surface area contributed by atoms with Gasteiger partial charge in [-0.2, -0.15) is 0 Å². The Labute approximate surface area is 272 Å². The number of hydrogen-bond acceptors (Lipinski definition) is 2. The van der Waals surface area contributed by atoms with Gasteiger partial charge in [-0.3, -0.25) is 0 Å². The van der Waals surface area contributed by atoms with Crippen molar-refractivity contribution in [1.82, 2.24) is 15.0 Å². The molecule has 7 aromatic carbocycles. The first-order chi connectivity index (χ1) is 23.3. The van der Waals surface area contributed by atoms with Crippen molar-refractivity contribution in [3.8, 4) is 56.3 Å². The van der Waals surface area contributed by atoms with Crippen LogP contribution in [0.3, 0.4) is 0 Å². The number of H-pyrrole nitrogens is 1. The van der Waals surface area contributed by atoms with E-state index in [9.17, 15) is 0 Å². The number of aromatic nitrogens is 3. The Bertz CT molecular complexity index is 2570. The Morgan fingerprint density at radius 3 is 1.72 bits per heavy atom. The molecule has 0 spiro atoms. The standard InChI is InChI=1S/C44H29N3/c1-2-12-29(13-3-1)44-46-42(28-43(47-44)40-27-31-14-4-5-17-33(31)35-18-7-9-21-38(35)40)39-24-23-34(36-19-6-8-20-37(36)39)30-15-10-16-32(26-30)41-22-11-25-45-41/h1-28,45H. The van der Waals surface area contributed by atoms with Crippen LogP contribution in [0.1, 0.15) is 0 Å². The van der Waals surface area contributed by atoms with E-state index in [4.69, 9.17) is 9.97 Å². The number of nitrogens with zero attached hydrogens (tertiary/aromatic N) is 2. The van der Waals surface area contributed by atoms with Crippen molar-refractivity contribution < 1.29 is 0 Å². The summed E-state index contributed by atoms with van der Waals surface area (Å²) in [5.74, 6) is 0.710. The number of fused-ring (bicyclic) bond motifs is 4. The van der Waals surface area contributed by atoms with Crippen LogP contribution in [0.4, 0.5) is 0 Å². The van der Waals surface area contributed by atoms with E-state index in [-0.39, 0.29) is 0 Å². The third kappa shape index (κ3) is 4.77. The van der Waals surface area contributed by atoms with Crippen LogP contribution >= 0.6 is 0 Å². The molecule has 0 unspecified atom stereocenters. The van der Waals surface area contributed by atoms with Crippen LogP contribution in [-0.2, 0) is 0 Å². The van der Waals surface area contributed by atoms with Gasteiger partial charge in [0.25, 0.3) is 0 Å². The molecule has 220 valence electrons. The van der Waals surface area contributed by atoms with E-state index in [1.54, 1.807) is 0 Å². The molecule has 0 atom stereocenters. The fraction of sp³-hybridized carbons (Fsp3) is 0. The van der Waals surface area contributed by atoms with E-state index in [1.807, 2.05) is 30.5 Å². The fourth-order valence-electron chi connectivity index (χ4n) is 6.84. The molecule has 0 bridgehead atoms. The van der Waals surface area contributed by atoms with Crippen molar-refractivity contribution in [2.24, 2.45) is 0 Å². The molecule has 2 aromatic heterocycles. The fourth-order valence-corrected chi connectivity index (χ4v) is 6.84. The third-order valence-corrected chi connectivity index (χ3v) is 9.08. The first kappa shape index (κ1) is 27.0. The molecule has 1 N–H and O–H groups in total. The molecule has 0 saturated carbocycles. The molecule has 0 amide bonds. The van der Waals surface area contributed by atoms with Crippen LogP contribution in [0.15, 0.2) is 170 Å². The van der Waals surface area contributed by atoms with E-state index in [0.29, 0.717) is 5.82 Å². The van der Waals surface area contributed by atoms with Crippen molar-refractivity contribution >= 4 is 32.3 Å². The molecular weight excluding hydrogens is 571 g/mol. The third-order valence-electron chi connectivity index (χ3n) is 9.08. The highest BCUT2D eigenvalue weighted by Crippen LogP contribution is 2.40.